The van der Waals surface area contributed by atoms with Crippen LogP contribution in [-0.4, -0.2) is 22.2 Å². The quantitative estimate of drug-likeness (QED) is 0.584. The lowest BCUT2D eigenvalue weighted by Crippen LogP contribution is -2.14. The summed E-state index contributed by atoms with van der Waals surface area (Å²) >= 11 is 0. The highest BCUT2D eigenvalue weighted by Gasteiger charge is 2.20. The van der Waals surface area contributed by atoms with Crippen LogP contribution in [0.15, 0.2) is 12.3 Å². The second-order valence-corrected chi connectivity index (χ2v) is 3.07. The average Bonchev–Trinajstić information content (AvgIpc) is 2.18. The molecule has 0 radical (unpaired) electrons. The van der Waals surface area contributed by atoms with Crippen LogP contribution in [0.5, 0.6) is 0 Å². The fraction of sp³-hybridized carbons (Fsp3) is 0.300. The minimum absolute atomic E-state index is 0.125. The van der Waals surface area contributed by atoms with Crippen molar-refractivity contribution in [1.29, 1.82) is 0 Å². The molecule has 1 atom stereocenters. The first-order chi connectivity index (χ1) is 7.10. The molecule has 1 unspecified atom stereocenters. The summed E-state index contributed by atoms with van der Waals surface area (Å²) in [5, 5.41) is 8.92. The van der Waals surface area contributed by atoms with E-state index < -0.39 is 24.1 Å². The van der Waals surface area contributed by atoms with Crippen molar-refractivity contribution in [2.45, 2.75) is 19.4 Å². The van der Waals surface area contributed by atoms with Gasteiger partial charge in [0.2, 0.25) is 0 Å². The second kappa shape index (κ2) is 4.75. The van der Waals surface area contributed by atoms with Gasteiger partial charge in [0.05, 0.1) is 24.4 Å². The summed E-state index contributed by atoms with van der Waals surface area (Å²) in [7, 11) is 0. The van der Waals surface area contributed by atoms with Crippen molar-refractivity contribution in [2.75, 3.05) is 0 Å². The molecule has 80 valence electrons. The maximum absolute atomic E-state index is 12.9. The molecule has 1 N–H and O–H groups in total. The zero-order chi connectivity index (χ0) is 11.4. The topological polar surface area (TPSA) is 67.3 Å². The fourth-order valence-corrected chi connectivity index (χ4v) is 1.27. The average molecular weight is 211 g/mol. The summed E-state index contributed by atoms with van der Waals surface area (Å²) in [6.45, 7) is 0.790. The summed E-state index contributed by atoms with van der Waals surface area (Å²) in [6.07, 6.45) is 1.34. The van der Waals surface area contributed by atoms with Crippen LogP contribution < -0.4 is 0 Å². The molecule has 0 aromatic carbocycles. The van der Waals surface area contributed by atoms with Crippen molar-refractivity contribution < 1.29 is 19.1 Å². The number of hydrogen-bond acceptors (Lipinski definition) is 4. The van der Waals surface area contributed by atoms with E-state index in [0.29, 0.717) is 6.29 Å². The van der Waals surface area contributed by atoms with Crippen LogP contribution >= 0.6 is 0 Å². The maximum Gasteiger partial charge on any atom is 0.144 e. The van der Waals surface area contributed by atoms with Gasteiger partial charge in [-0.05, 0) is 18.6 Å². The third-order valence-electron chi connectivity index (χ3n) is 2.03. The zero-order valence-corrected chi connectivity index (χ0v) is 8.11. The molecule has 4 nitrogen and oxygen atoms in total. The number of hydrogen-bond donors (Lipinski definition) is 1. The Morgan fingerprint density at radius 2 is 2.40 bits per heavy atom. The second-order valence-electron chi connectivity index (χ2n) is 3.07. The van der Waals surface area contributed by atoms with Gasteiger partial charge in [-0.1, -0.05) is 0 Å². The molecule has 0 amide bonds. The number of nitrogens with zero attached hydrogens (tertiary/aromatic N) is 1. The maximum atomic E-state index is 12.9. The van der Waals surface area contributed by atoms with E-state index in [2.05, 4.69) is 4.98 Å². The van der Waals surface area contributed by atoms with Crippen molar-refractivity contribution in [1.82, 2.24) is 4.98 Å². The number of aliphatic hydroxyl groups is 1. The standard InChI is InChI=1S/C10H10FNO3/c1-6(15)9(4-13)8-2-7(11)3-12-10(8)5-14/h2-4,9,14H,5H2,1H3. The number of rotatable bonds is 4. The molecule has 1 aromatic rings. The number of ketones is 1. The molecular weight excluding hydrogens is 201 g/mol. The molecule has 1 aromatic heterocycles. The van der Waals surface area contributed by atoms with Gasteiger partial charge in [-0.25, -0.2) is 4.39 Å². The lowest BCUT2D eigenvalue weighted by atomic mass is 9.95. The molecular formula is C10H10FNO3. The van der Waals surface area contributed by atoms with Crippen LogP contribution in [0.4, 0.5) is 4.39 Å². The van der Waals surface area contributed by atoms with Crippen molar-refractivity contribution >= 4 is 12.1 Å². The minimum Gasteiger partial charge on any atom is -0.390 e. The Balaban J connectivity index is 3.25. The molecule has 0 bridgehead atoms. The number of aldehydes is 1. The van der Waals surface area contributed by atoms with Crippen molar-refractivity contribution in [2.24, 2.45) is 0 Å². The summed E-state index contributed by atoms with van der Waals surface area (Å²) < 4.78 is 12.9. The Morgan fingerprint density at radius 3 is 2.87 bits per heavy atom. The Morgan fingerprint density at radius 1 is 1.73 bits per heavy atom. The molecule has 0 aliphatic heterocycles. The largest absolute Gasteiger partial charge is 0.390 e. The number of aliphatic hydroxyl groups excluding tert-OH is 1. The lowest BCUT2D eigenvalue weighted by molar-refractivity contribution is -0.122. The van der Waals surface area contributed by atoms with E-state index in [-0.39, 0.29) is 11.3 Å². The number of carbonyl (C=O) groups is 2. The predicted molar refractivity (Wildman–Crippen MR) is 49.6 cm³/mol. The number of carbonyl (C=O) groups excluding carboxylic acids is 2. The van der Waals surface area contributed by atoms with E-state index in [4.69, 9.17) is 5.11 Å². The highest BCUT2D eigenvalue weighted by Crippen LogP contribution is 2.19. The molecule has 0 spiro atoms. The molecule has 0 saturated heterocycles. The first-order valence-electron chi connectivity index (χ1n) is 4.31. The molecule has 0 aliphatic rings. The third kappa shape index (κ3) is 2.44. The van der Waals surface area contributed by atoms with Gasteiger partial charge in [-0.3, -0.25) is 9.78 Å². The normalized spacial score (nSPS) is 12.2. The monoisotopic (exact) mass is 211 g/mol. The number of pyridine rings is 1. The predicted octanol–water partition coefficient (Wildman–Crippen LogP) is 0.585. The minimum atomic E-state index is -1.06. The molecule has 1 rings (SSSR count). The van der Waals surface area contributed by atoms with Crippen molar-refractivity contribution in [3.05, 3.63) is 29.3 Å². The summed E-state index contributed by atoms with van der Waals surface area (Å²) in [6, 6.07) is 1.04. The first-order valence-corrected chi connectivity index (χ1v) is 4.31. The summed E-state index contributed by atoms with van der Waals surface area (Å²) in [5.74, 6) is -2.11. The Bertz CT molecular complexity index is 392. The Labute approximate surface area is 85.8 Å². The molecule has 0 saturated carbocycles. The van der Waals surface area contributed by atoms with Gasteiger partial charge < -0.3 is 9.90 Å². The van der Waals surface area contributed by atoms with E-state index in [1.807, 2.05) is 0 Å². The van der Waals surface area contributed by atoms with Gasteiger partial charge in [-0.2, -0.15) is 0 Å². The van der Waals surface area contributed by atoms with Crippen molar-refractivity contribution in [3.63, 3.8) is 0 Å². The smallest absolute Gasteiger partial charge is 0.144 e. The van der Waals surface area contributed by atoms with E-state index in [0.717, 1.165) is 12.3 Å². The van der Waals surface area contributed by atoms with Gasteiger partial charge >= 0.3 is 0 Å². The van der Waals surface area contributed by atoms with Crippen LogP contribution in [0.3, 0.4) is 0 Å². The van der Waals surface area contributed by atoms with Crippen LogP contribution in [0.2, 0.25) is 0 Å². The van der Waals surface area contributed by atoms with Crippen LogP contribution in [0.1, 0.15) is 24.1 Å². The van der Waals surface area contributed by atoms with E-state index >= 15 is 0 Å². The molecule has 0 fully saturated rings. The van der Waals surface area contributed by atoms with Crippen LogP contribution in [0.25, 0.3) is 0 Å². The van der Waals surface area contributed by atoms with Gasteiger partial charge in [0.1, 0.15) is 17.9 Å². The highest BCUT2D eigenvalue weighted by atomic mass is 19.1. The highest BCUT2D eigenvalue weighted by molar-refractivity contribution is 5.97. The number of aromatic nitrogens is 1. The van der Waals surface area contributed by atoms with Gasteiger partial charge in [0.25, 0.3) is 0 Å². The van der Waals surface area contributed by atoms with Crippen LogP contribution in [0, 0.1) is 5.82 Å². The lowest BCUT2D eigenvalue weighted by Gasteiger charge is -2.10. The number of Topliss-reactive ketones (excluding diaryl/α,β-unsaturated/α-hetero) is 1. The van der Waals surface area contributed by atoms with Gasteiger partial charge in [0, 0.05) is 0 Å². The Hall–Kier alpha value is -1.62. The first kappa shape index (κ1) is 11.5. The SMILES string of the molecule is CC(=O)C(C=O)c1cc(F)cnc1CO. The zero-order valence-electron chi connectivity index (χ0n) is 8.11. The van der Waals surface area contributed by atoms with E-state index in [1.54, 1.807) is 0 Å². The molecule has 15 heavy (non-hydrogen) atoms. The van der Waals surface area contributed by atoms with Gasteiger partial charge in [-0.15, -0.1) is 0 Å². The third-order valence-corrected chi connectivity index (χ3v) is 2.03. The van der Waals surface area contributed by atoms with Gasteiger partial charge in [0.15, 0.2) is 0 Å². The van der Waals surface area contributed by atoms with E-state index in [1.165, 1.54) is 6.92 Å². The fourth-order valence-electron chi connectivity index (χ4n) is 1.27. The van der Waals surface area contributed by atoms with E-state index in [9.17, 15) is 14.0 Å². The number of halogens is 1. The van der Waals surface area contributed by atoms with Crippen LogP contribution in [-0.2, 0) is 16.2 Å². The Kier molecular flexibility index (Phi) is 3.62. The van der Waals surface area contributed by atoms with Crippen molar-refractivity contribution in [3.8, 4) is 0 Å². The molecule has 5 heteroatoms. The molecule has 1 heterocycles. The summed E-state index contributed by atoms with van der Waals surface area (Å²) in [4.78, 5) is 25.4. The molecule has 0 aliphatic carbocycles. The summed E-state index contributed by atoms with van der Waals surface area (Å²) in [5.41, 5.74) is 0.267.